The molecule has 2 aromatic carbocycles. The molecule has 0 fully saturated rings. The summed E-state index contributed by atoms with van der Waals surface area (Å²) in [5, 5.41) is 0. The van der Waals surface area contributed by atoms with E-state index in [1.807, 2.05) is 37.3 Å². The van der Waals surface area contributed by atoms with E-state index in [9.17, 15) is 0 Å². The van der Waals surface area contributed by atoms with Crippen molar-refractivity contribution in [2.45, 2.75) is 26.3 Å². The number of hydrogen-bond acceptors (Lipinski definition) is 3. The van der Waals surface area contributed by atoms with Crippen LogP contribution in [-0.2, 0) is 6.42 Å². The van der Waals surface area contributed by atoms with Gasteiger partial charge in [0.2, 0.25) is 0 Å². The van der Waals surface area contributed by atoms with E-state index in [1.54, 1.807) is 7.11 Å². The van der Waals surface area contributed by atoms with Crippen molar-refractivity contribution in [1.29, 1.82) is 0 Å². The number of halogens is 1. The summed E-state index contributed by atoms with van der Waals surface area (Å²) in [7, 11) is 1.64. The van der Waals surface area contributed by atoms with Crippen LogP contribution in [0.15, 0.2) is 40.9 Å². The Morgan fingerprint density at radius 1 is 1.14 bits per heavy atom. The Hall–Kier alpha value is -1.52. The molecule has 1 atom stereocenters. The number of benzene rings is 2. The van der Waals surface area contributed by atoms with Gasteiger partial charge in [0.15, 0.2) is 0 Å². The van der Waals surface area contributed by atoms with Gasteiger partial charge in [0.05, 0.1) is 11.6 Å². The second-order valence-electron chi connectivity index (χ2n) is 5.19. The summed E-state index contributed by atoms with van der Waals surface area (Å²) in [5.41, 5.74) is 8.24. The van der Waals surface area contributed by atoms with Crippen molar-refractivity contribution >= 4 is 15.9 Å². The van der Waals surface area contributed by atoms with E-state index in [1.165, 1.54) is 5.56 Å². The van der Waals surface area contributed by atoms with Crippen molar-refractivity contribution in [3.63, 3.8) is 0 Å². The van der Waals surface area contributed by atoms with E-state index in [0.29, 0.717) is 0 Å². The minimum atomic E-state index is 0.0912. The Labute approximate surface area is 134 Å². The van der Waals surface area contributed by atoms with Gasteiger partial charge in [-0.2, -0.15) is 0 Å². The van der Waals surface area contributed by atoms with Crippen molar-refractivity contribution < 1.29 is 9.47 Å². The Kier molecular flexibility index (Phi) is 5.26. The van der Waals surface area contributed by atoms with Crippen molar-refractivity contribution in [3.05, 3.63) is 52.0 Å². The predicted octanol–water partition coefficient (Wildman–Crippen LogP) is 4.45. The van der Waals surface area contributed by atoms with Gasteiger partial charge in [-0.1, -0.05) is 17.7 Å². The quantitative estimate of drug-likeness (QED) is 0.867. The van der Waals surface area contributed by atoms with Crippen LogP contribution in [0.5, 0.6) is 17.2 Å². The van der Waals surface area contributed by atoms with Gasteiger partial charge in [-0.15, -0.1) is 0 Å². The monoisotopic (exact) mass is 349 g/mol. The molecule has 3 nitrogen and oxygen atoms in total. The van der Waals surface area contributed by atoms with Crippen molar-refractivity contribution in [2.24, 2.45) is 5.73 Å². The Bertz CT molecular complexity index is 626. The van der Waals surface area contributed by atoms with Crippen LogP contribution in [-0.4, -0.2) is 13.2 Å². The van der Waals surface area contributed by atoms with E-state index in [-0.39, 0.29) is 6.04 Å². The average molecular weight is 350 g/mol. The third kappa shape index (κ3) is 4.22. The van der Waals surface area contributed by atoms with Gasteiger partial charge in [-0.3, -0.25) is 0 Å². The molecule has 0 aromatic heterocycles. The van der Waals surface area contributed by atoms with Gasteiger partial charge >= 0.3 is 0 Å². The molecule has 0 saturated heterocycles. The molecule has 112 valence electrons. The van der Waals surface area contributed by atoms with E-state index < -0.39 is 0 Å². The fourth-order valence-electron chi connectivity index (χ4n) is 2.12. The normalized spacial score (nSPS) is 12.0. The highest BCUT2D eigenvalue weighted by Gasteiger charge is 2.10. The summed E-state index contributed by atoms with van der Waals surface area (Å²) >= 11 is 3.51. The first kappa shape index (κ1) is 15.9. The molecule has 2 aromatic rings. The topological polar surface area (TPSA) is 44.5 Å². The van der Waals surface area contributed by atoms with Gasteiger partial charge in [0.1, 0.15) is 17.2 Å². The zero-order valence-corrected chi connectivity index (χ0v) is 14.1. The standard InChI is InChI=1S/C17H20BrNO2/c1-11-4-6-16(13(8-11)9-12(2)19)21-17-7-5-14(20-3)10-15(17)18/h4-8,10,12H,9,19H2,1-3H3. The van der Waals surface area contributed by atoms with Gasteiger partial charge in [-0.05, 0) is 66.0 Å². The number of aryl methyl sites for hydroxylation is 1. The van der Waals surface area contributed by atoms with E-state index in [0.717, 1.165) is 33.7 Å². The van der Waals surface area contributed by atoms with Crippen LogP contribution in [0.3, 0.4) is 0 Å². The molecule has 0 spiro atoms. The van der Waals surface area contributed by atoms with Crippen LogP contribution in [0.4, 0.5) is 0 Å². The molecule has 4 heteroatoms. The lowest BCUT2D eigenvalue weighted by Gasteiger charge is -2.15. The largest absolute Gasteiger partial charge is 0.497 e. The summed E-state index contributed by atoms with van der Waals surface area (Å²) in [6.07, 6.45) is 0.783. The maximum atomic E-state index is 6.04. The van der Waals surface area contributed by atoms with Crippen LogP contribution >= 0.6 is 15.9 Å². The fourth-order valence-corrected chi connectivity index (χ4v) is 2.56. The minimum Gasteiger partial charge on any atom is -0.497 e. The van der Waals surface area contributed by atoms with E-state index in [2.05, 4.69) is 28.9 Å². The molecule has 2 N–H and O–H groups in total. The van der Waals surface area contributed by atoms with Gasteiger partial charge in [0, 0.05) is 6.04 Å². The minimum absolute atomic E-state index is 0.0912. The number of ether oxygens (including phenoxy) is 2. The number of rotatable bonds is 5. The number of hydrogen-bond donors (Lipinski definition) is 1. The Morgan fingerprint density at radius 3 is 2.48 bits per heavy atom. The van der Waals surface area contributed by atoms with Crippen molar-refractivity contribution in [3.8, 4) is 17.2 Å². The molecule has 0 saturated carbocycles. The molecule has 0 amide bonds. The van der Waals surface area contributed by atoms with Gasteiger partial charge in [0.25, 0.3) is 0 Å². The number of methoxy groups -OCH3 is 1. The average Bonchev–Trinajstić information content (AvgIpc) is 2.43. The molecule has 0 bridgehead atoms. The molecule has 0 aliphatic rings. The summed E-state index contributed by atoms with van der Waals surface area (Å²) < 4.78 is 12.1. The molecule has 0 heterocycles. The highest BCUT2D eigenvalue weighted by Crippen LogP contribution is 2.34. The van der Waals surface area contributed by atoms with Crippen molar-refractivity contribution in [2.75, 3.05) is 7.11 Å². The zero-order valence-electron chi connectivity index (χ0n) is 12.5. The van der Waals surface area contributed by atoms with Crippen LogP contribution in [0.1, 0.15) is 18.1 Å². The maximum absolute atomic E-state index is 6.04. The van der Waals surface area contributed by atoms with E-state index >= 15 is 0 Å². The lowest BCUT2D eigenvalue weighted by atomic mass is 10.0. The fraction of sp³-hybridized carbons (Fsp3) is 0.294. The molecule has 2 rings (SSSR count). The van der Waals surface area contributed by atoms with Crippen molar-refractivity contribution in [1.82, 2.24) is 0 Å². The van der Waals surface area contributed by atoms with Crippen LogP contribution in [0.25, 0.3) is 0 Å². The molecular formula is C17H20BrNO2. The summed E-state index contributed by atoms with van der Waals surface area (Å²) in [4.78, 5) is 0. The molecule has 0 radical (unpaired) electrons. The summed E-state index contributed by atoms with van der Waals surface area (Å²) in [6, 6.07) is 11.9. The predicted molar refractivity (Wildman–Crippen MR) is 89.3 cm³/mol. The van der Waals surface area contributed by atoms with Gasteiger partial charge in [-0.25, -0.2) is 0 Å². The van der Waals surface area contributed by atoms with Crippen LogP contribution in [0.2, 0.25) is 0 Å². The lowest BCUT2D eigenvalue weighted by Crippen LogP contribution is -2.18. The van der Waals surface area contributed by atoms with Gasteiger partial charge < -0.3 is 15.2 Å². The highest BCUT2D eigenvalue weighted by atomic mass is 79.9. The zero-order chi connectivity index (χ0) is 15.4. The Morgan fingerprint density at radius 2 is 1.86 bits per heavy atom. The smallest absolute Gasteiger partial charge is 0.141 e. The third-order valence-corrected chi connectivity index (χ3v) is 3.74. The maximum Gasteiger partial charge on any atom is 0.141 e. The first-order valence-electron chi connectivity index (χ1n) is 6.86. The van der Waals surface area contributed by atoms with E-state index in [4.69, 9.17) is 15.2 Å². The summed E-state index contributed by atoms with van der Waals surface area (Å²) in [6.45, 7) is 4.06. The molecule has 1 unspecified atom stereocenters. The first-order valence-corrected chi connectivity index (χ1v) is 7.65. The molecule has 0 aliphatic heterocycles. The highest BCUT2D eigenvalue weighted by molar-refractivity contribution is 9.10. The Balaban J connectivity index is 2.30. The van der Waals surface area contributed by atoms with Crippen LogP contribution < -0.4 is 15.2 Å². The first-order chi connectivity index (χ1) is 9.99. The molecule has 21 heavy (non-hydrogen) atoms. The molecule has 0 aliphatic carbocycles. The molecular weight excluding hydrogens is 330 g/mol. The SMILES string of the molecule is COc1ccc(Oc2ccc(C)cc2CC(C)N)c(Br)c1. The third-order valence-electron chi connectivity index (χ3n) is 3.12. The number of nitrogens with two attached hydrogens (primary N) is 1. The lowest BCUT2D eigenvalue weighted by molar-refractivity contribution is 0.412. The van der Waals surface area contributed by atoms with Crippen LogP contribution in [0, 0.1) is 6.92 Å². The second kappa shape index (κ2) is 6.96. The second-order valence-corrected chi connectivity index (χ2v) is 6.05. The summed E-state index contributed by atoms with van der Waals surface area (Å²) in [5.74, 6) is 2.38.